The van der Waals surface area contributed by atoms with Crippen LogP contribution in [0.15, 0.2) is 66.9 Å². The van der Waals surface area contributed by atoms with Crippen LogP contribution in [0.2, 0.25) is 0 Å². The molecule has 45 heavy (non-hydrogen) atoms. The van der Waals surface area contributed by atoms with Gasteiger partial charge in [-0.2, -0.15) is 0 Å². The maximum Gasteiger partial charge on any atom is 0.242 e. The van der Waals surface area contributed by atoms with Crippen LogP contribution in [0.4, 0.5) is 0 Å². The van der Waals surface area contributed by atoms with E-state index in [1.807, 2.05) is 75.4 Å². The highest BCUT2D eigenvalue weighted by Crippen LogP contribution is 2.29. The van der Waals surface area contributed by atoms with Crippen molar-refractivity contribution in [1.82, 2.24) is 20.9 Å². The van der Waals surface area contributed by atoms with E-state index in [-0.39, 0.29) is 29.7 Å². The lowest BCUT2D eigenvalue weighted by molar-refractivity contribution is -0.129. The van der Waals surface area contributed by atoms with Gasteiger partial charge in [0.25, 0.3) is 0 Å². The van der Waals surface area contributed by atoms with Gasteiger partial charge in [-0.1, -0.05) is 55.5 Å². The highest BCUT2D eigenvalue weighted by molar-refractivity contribution is 5.94. The van der Waals surface area contributed by atoms with Gasteiger partial charge in [-0.3, -0.25) is 19.3 Å². The lowest BCUT2D eigenvalue weighted by atomic mass is 9.93. The van der Waals surface area contributed by atoms with Crippen LogP contribution in [0.25, 0.3) is 0 Å². The second-order valence-electron chi connectivity index (χ2n) is 13.5. The number of ether oxygens (including phenoxy) is 2. The molecule has 2 amide bonds. The van der Waals surface area contributed by atoms with E-state index in [2.05, 4.69) is 27.4 Å². The summed E-state index contributed by atoms with van der Waals surface area (Å²) in [5.41, 5.74) is 1.30. The summed E-state index contributed by atoms with van der Waals surface area (Å²) in [5.74, 6) is 0.194. The number of amides is 2. The third-order valence-electron chi connectivity index (χ3n) is 8.17. The number of hydrogen-bond donors (Lipinski definition) is 3. The zero-order valence-electron chi connectivity index (χ0n) is 27.5. The van der Waals surface area contributed by atoms with Crippen LogP contribution in [-0.2, 0) is 32.0 Å². The largest absolute Gasteiger partial charge is 0.488 e. The van der Waals surface area contributed by atoms with Gasteiger partial charge in [0, 0.05) is 5.70 Å². The Kier molecular flexibility index (Phi) is 11.4. The number of piperidine rings is 1. The minimum Gasteiger partial charge on any atom is -0.488 e. The summed E-state index contributed by atoms with van der Waals surface area (Å²) in [6.45, 7) is 16.2. The summed E-state index contributed by atoms with van der Waals surface area (Å²) < 4.78 is 11.5. The smallest absolute Gasteiger partial charge is 0.242 e. The molecule has 2 aliphatic rings. The van der Waals surface area contributed by atoms with E-state index in [9.17, 15) is 14.4 Å². The molecular formula is C36H50N4O5. The lowest BCUT2D eigenvalue weighted by Crippen LogP contribution is -2.53. The molecular weight excluding hydrogens is 568 g/mol. The second-order valence-corrected chi connectivity index (χ2v) is 13.5. The number of ketones is 1. The summed E-state index contributed by atoms with van der Waals surface area (Å²) in [7, 11) is 0. The standard InChI is InChI=1S/C36H50N4O5/c1-25(37-31(33(42)36(6)24-44-36)22-27-13-9-7-10-14-27)30(21-28-15-17-29(18-16-28)45-35(3,4)5)39-34(43)26(2)38-32(41)23-40-19-11-8-12-20-40/h7,9-10,13-18,26,30-31,37H,1,8,11-12,19-24H2,2-6H3,(H,38,41)(H,39,43)/t26-,30-,31-,36+/m0/s1. The summed E-state index contributed by atoms with van der Waals surface area (Å²) in [6, 6.07) is 15.6. The Morgan fingerprint density at radius 3 is 2.11 bits per heavy atom. The number of hydrogen-bond acceptors (Lipinski definition) is 7. The molecule has 4 rings (SSSR count). The molecule has 2 fully saturated rings. The van der Waals surface area contributed by atoms with Crippen molar-refractivity contribution in [2.45, 2.75) is 96.1 Å². The van der Waals surface area contributed by atoms with Gasteiger partial charge in [0.1, 0.15) is 23.0 Å². The normalized spacial score (nSPS) is 20.3. The van der Waals surface area contributed by atoms with Crippen molar-refractivity contribution in [2.75, 3.05) is 26.2 Å². The van der Waals surface area contributed by atoms with Gasteiger partial charge >= 0.3 is 0 Å². The Morgan fingerprint density at radius 2 is 1.51 bits per heavy atom. The Labute approximate surface area is 268 Å². The molecule has 0 spiro atoms. The van der Waals surface area contributed by atoms with Gasteiger partial charge in [0.2, 0.25) is 11.8 Å². The third kappa shape index (κ3) is 10.7. The Hall–Kier alpha value is -3.69. The van der Waals surface area contributed by atoms with Crippen LogP contribution in [0.1, 0.15) is 65.0 Å². The first-order valence-electron chi connectivity index (χ1n) is 16.1. The fourth-order valence-electron chi connectivity index (χ4n) is 5.52. The van der Waals surface area contributed by atoms with E-state index in [4.69, 9.17) is 9.47 Å². The molecule has 0 unspecified atom stereocenters. The van der Waals surface area contributed by atoms with Crippen molar-refractivity contribution in [3.63, 3.8) is 0 Å². The second kappa shape index (κ2) is 15.1. The molecule has 0 saturated carbocycles. The highest BCUT2D eigenvalue weighted by Gasteiger charge is 2.50. The van der Waals surface area contributed by atoms with E-state index >= 15 is 0 Å². The zero-order chi connectivity index (χ0) is 32.6. The van der Waals surface area contributed by atoms with Crippen LogP contribution >= 0.6 is 0 Å². The zero-order valence-corrected chi connectivity index (χ0v) is 27.5. The maximum atomic E-state index is 13.5. The van der Waals surface area contributed by atoms with Crippen molar-refractivity contribution >= 4 is 17.6 Å². The Morgan fingerprint density at radius 1 is 0.911 bits per heavy atom. The predicted molar refractivity (Wildman–Crippen MR) is 176 cm³/mol. The fraction of sp³-hybridized carbons (Fsp3) is 0.528. The van der Waals surface area contributed by atoms with E-state index in [1.165, 1.54) is 6.42 Å². The monoisotopic (exact) mass is 618 g/mol. The summed E-state index contributed by atoms with van der Waals surface area (Å²) >= 11 is 0. The van der Waals surface area contributed by atoms with Gasteiger partial charge in [-0.25, -0.2) is 0 Å². The number of Topliss-reactive ketones (excluding diaryl/α,β-unsaturated/α-hetero) is 1. The molecule has 0 aromatic heterocycles. The molecule has 3 N–H and O–H groups in total. The van der Waals surface area contributed by atoms with Crippen molar-refractivity contribution in [1.29, 1.82) is 0 Å². The summed E-state index contributed by atoms with van der Waals surface area (Å²) in [4.78, 5) is 41.8. The molecule has 4 atom stereocenters. The molecule has 9 nitrogen and oxygen atoms in total. The van der Waals surface area contributed by atoms with E-state index in [0.29, 0.717) is 25.1 Å². The van der Waals surface area contributed by atoms with E-state index in [0.717, 1.165) is 42.8 Å². The fourth-order valence-corrected chi connectivity index (χ4v) is 5.52. The maximum absolute atomic E-state index is 13.5. The van der Waals surface area contributed by atoms with Gasteiger partial charge in [0.15, 0.2) is 5.78 Å². The minimum absolute atomic E-state index is 0.0559. The number of carbonyl (C=O) groups excluding carboxylic acids is 3. The number of nitrogens with zero attached hydrogens (tertiary/aromatic N) is 1. The first kappa shape index (κ1) is 34.2. The number of epoxide rings is 1. The van der Waals surface area contributed by atoms with Gasteiger partial charge in [-0.15, -0.1) is 0 Å². The van der Waals surface area contributed by atoms with E-state index in [1.54, 1.807) is 13.8 Å². The summed E-state index contributed by atoms with van der Waals surface area (Å²) in [6.07, 6.45) is 4.22. The topological polar surface area (TPSA) is 112 Å². The molecule has 0 aliphatic carbocycles. The number of carbonyl (C=O) groups is 3. The average molecular weight is 619 g/mol. The molecule has 0 bridgehead atoms. The highest BCUT2D eigenvalue weighted by atomic mass is 16.6. The quantitative estimate of drug-likeness (QED) is 0.259. The summed E-state index contributed by atoms with van der Waals surface area (Å²) in [5, 5.41) is 9.30. The molecule has 2 aliphatic heterocycles. The van der Waals surface area contributed by atoms with Crippen LogP contribution in [0.5, 0.6) is 5.75 Å². The Balaban J connectivity index is 1.48. The van der Waals surface area contributed by atoms with Crippen LogP contribution in [-0.4, -0.2) is 78.1 Å². The molecule has 9 heteroatoms. The molecule has 244 valence electrons. The van der Waals surface area contributed by atoms with E-state index < -0.39 is 23.7 Å². The van der Waals surface area contributed by atoms with Crippen LogP contribution in [0, 0.1) is 0 Å². The SMILES string of the molecule is C=C(N[C@@H](Cc1ccccc1)C(=O)[C@@]1(C)CO1)[C@H](Cc1ccc(OC(C)(C)C)cc1)NC(=O)[C@H](C)NC(=O)CN1CCCCC1. The third-order valence-corrected chi connectivity index (χ3v) is 8.17. The molecule has 0 radical (unpaired) electrons. The minimum atomic E-state index is -0.832. The van der Waals surface area contributed by atoms with Gasteiger partial charge in [0.05, 0.1) is 25.2 Å². The number of benzene rings is 2. The molecule has 2 heterocycles. The van der Waals surface area contributed by atoms with Crippen molar-refractivity contribution in [3.05, 3.63) is 78.0 Å². The Bertz CT molecular complexity index is 1310. The van der Waals surface area contributed by atoms with Crippen molar-refractivity contribution < 1.29 is 23.9 Å². The van der Waals surface area contributed by atoms with Gasteiger partial charge in [-0.05, 0) is 96.7 Å². The van der Waals surface area contributed by atoms with Crippen molar-refractivity contribution in [2.24, 2.45) is 0 Å². The lowest BCUT2D eigenvalue weighted by Gasteiger charge is -2.29. The number of likely N-dealkylation sites (tertiary alicyclic amines) is 1. The molecule has 2 saturated heterocycles. The van der Waals surface area contributed by atoms with Crippen LogP contribution in [0.3, 0.4) is 0 Å². The number of nitrogens with one attached hydrogen (secondary N) is 3. The molecule has 2 aromatic carbocycles. The van der Waals surface area contributed by atoms with Crippen molar-refractivity contribution in [3.8, 4) is 5.75 Å². The first-order valence-corrected chi connectivity index (χ1v) is 16.1. The first-order chi connectivity index (χ1) is 21.3. The average Bonchev–Trinajstić information content (AvgIpc) is 3.75. The van der Waals surface area contributed by atoms with Crippen LogP contribution < -0.4 is 20.7 Å². The van der Waals surface area contributed by atoms with Gasteiger partial charge < -0.3 is 25.4 Å². The molecule has 2 aromatic rings. The predicted octanol–water partition coefficient (Wildman–Crippen LogP) is 3.95. The number of rotatable bonds is 15.